The Kier molecular flexibility index (Phi) is 5.65. The summed E-state index contributed by atoms with van der Waals surface area (Å²) < 4.78 is 5.08. The Balaban J connectivity index is 2.18. The van der Waals surface area contributed by atoms with Gasteiger partial charge >= 0.3 is 0 Å². The normalized spacial score (nSPS) is 26.3. The van der Waals surface area contributed by atoms with E-state index in [-0.39, 0.29) is 12.5 Å². The Bertz CT molecular complexity index is 197. The molecule has 1 rings (SSSR count). The van der Waals surface area contributed by atoms with E-state index in [4.69, 9.17) is 10.5 Å². The van der Waals surface area contributed by atoms with Gasteiger partial charge in [-0.1, -0.05) is 19.8 Å². The van der Waals surface area contributed by atoms with Gasteiger partial charge < -0.3 is 15.8 Å². The van der Waals surface area contributed by atoms with Gasteiger partial charge in [-0.2, -0.15) is 0 Å². The molecule has 1 aliphatic carbocycles. The molecular formula is C11H22N2O2. The first-order chi connectivity index (χ1) is 7.24. The molecule has 0 aromatic rings. The number of nitrogens with one attached hydrogen (secondary N) is 1. The summed E-state index contributed by atoms with van der Waals surface area (Å²) >= 11 is 0. The van der Waals surface area contributed by atoms with Crippen LogP contribution in [0.25, 0.3) is 0 Å². The molecule has 3 N–H and O–H groups in total. The molecule has 1 aliphatic rings. The van der Waals surface area contributed by atoms with Crippen molar-refractivity contribution in [3.8, 4) is 0 Å². The third-order valence-corrected chi connectivity index (χ3v) is 2.95. The Morgan fingerprint density at radius 2 is 2.20 bits per heavy atom. The van der Waals surface area contributed by atoms with Crippen LogP contribution >= 0.6 is 0 Å². The highest BCUT2D eigenvalue weighted by Gasteiger charge is 2.22. The minimum atomic E-state index is -0.0119. The van der Waals surface area contributed by atoms with E-state index in [1.54, 1.807) is 0 Å². The van der Waals surface area contributed by atoms with Crippen LogP contribution in [-0.4, -0.2) is 31.7 Å². The fourth-order valence-corrected chi connectivity index (χ4v) is 2.03. The van der Waals surface area contributed by atoms with Crippen molar-refractivity contribution in [3.05, 3.63) is 0 Å². The lowest BCUT2D eigenvalue weighted by Crippen LogP contribution is -2.42. The van der Waals surface area contributed by atoms with Crippen LogP contribution in [0.1, 0.15) is 32.6 Å². The van der Waals surface area contributed by atoms with E-state index in [9.17, 15) is 4.79 Å². The molecule has 4 heteroatoms. The Morgan fingerprint density at radius 3 is 2.87 bits per heavy atom. The summed E-state index contributed by atoms with van der Waals surface area (Å²) in [4.78, 5) is 11.5. The number of carbonyl (C=O) groups excluding carboxylic acids is 1. The van der Waals surface area contributed by atoms with E-state index < -0.39 is 0 Å². The quantitative estimate of drug-likeness (QED) is 0.661. The maximum atomic E-state index is 11.5. The zero-order valence-corrected chi connectivity index (χ0v) is 9.50. The van der Waals surface area contributed by atoms with Crippen molar-refractivity contribution in [3.63, 3.8) is 0 Å². The van der Waals surface area contributed by atoms with E-state index in [1.165, 1.54) is 19.3 Å². The Hall–Kier alpha value is -0.610. The van der Waals surface area contributed by atoms with Gasteiger partial charge in [-0.3, -0.25) is 4.79 Å². The monoisotopic (exact) mass is 214 g/mol. The van der Waals surface area contributed by atoms with Crippen molar-refractivity contribution < 1.29 is 9.53 Å². The number of carbonyl (C=O) groups is 1. The van der Waals surface area contributed by atoms with Gasteiger partial charge in [0.1, 0.15) is 6.61 Å². The van der Waals surface area contributed by atoms with E-state index in [0.717, 1.165) is 6.42 Å². The SMILES string of the molecule is CC1CCCCC1NC(=O)COCCN. The van der Waals surface area contributed by atoms with Gasteiger partial charge in [-0.05, 0) is 18.8 Å². The summed E-state index contributed by atoms with van der Waals surface area (Å²) in [6.45, 7) is 3.26. The minimum Gasteiger partial charge on any atom is -0.370 e. The molecule has 1 amide bonds. The van der Waals surface area contributed by atoms with Crippen LogP contribution in [0, 0.1) is 5.92 Å². The highest BCUT2D eigenvalue weighted by atomic mass is 16.5. The molecule has 0 radical (unpaired) electrons. The number of ether oxygens (including phenoxy) is 1. The predicted molar refractivity (Wildman–Crippen MR) is 59.4 cm³/mol. The molecule has 2 unspecified atom stereocenters. The zero-order valence-electron chi connectivity index (χ0n) is 9.50. The molecular weight excluding hydrogens is 192 g/mol. The third-order valence-electron chi connectivity index (χ3n) is 2.95. The fourth-order valence-electron chi connectivity index (χ4n) is 2.03. The smallest absolute Gasteiger partial charge is 0.246 e. The number of hydrogen-bond donors (Lipinski definition) is 2. The largest absolute Gasteiger partial charge is 0.370 e. The lowest BCUT2D eigenvalue weighted by molar-refractivity contribution is -0.126. The van der Waals surface area contributed by atoms with Gasteiger partial charge in [0, 0.05) is 12.6 Å². The topological polar surface area (TPSA) is 64.3 Å². The van der Waals surface area contributed by atoms with Crippen LogP contribution in [0.4, 0.5) is 0 Å². The van der Waals surface area contributed by atoms with Crippen molar-refractivity contribution >= 4 is 5.91 Å². The summed E-state index contributed by atoms with van der Waals surface area (Å²) in [6.07, 6.45) is 4.83. The van der Waals surface area contributed by atoms with Gasteiger partial charge in [0.15, 0.2) is 0 Å². The molecule has 0 aromatic carbocycles. The molecule has 0 bridgehead atoms. The second kappa shape index (κ2) is 6.80. The Morgan fingerprint density at radius 1 is 1.47 bits per heavy atom. The molecule has 2 atom stereocenters. The van der Waals surface area contributed by atoms with Crippen LogP contribution in [0.2, 0.25) is 0 Å². The van der Waals surface area contributed by atoms with Crippen molar-refractivity contribution in [2.24, 2.45) is 11.7 Å². The summed E-state index contributed by atoms with van der Waals surface area (Å²) in [5.41, 5.74) is 5.26. The van der Waals surface area contributed by atoms with Gasteiger partial charge in [0.05, 0.1) is 6.61 Å². The van der Waals surface area contributed by atoms with Gasteiger partial charge in [0.2, 0.25) is 5.91 Å². The summed E-state index contributed by atoms with van der Waals surface area (Å²) in [6, 6.07) is 0.340. The van der Waals surface area contributed by atoms with Crippen LogP contribution in [0.15, 0.2) is 0 Å². The lowest BCUT2D eigenvalue weighted by Gasteiger charge is -2.29. The number of rotatable bonds is 5. The standard InChI is InChI=1S/C11H22N2O2/c1-9-4-2-3-5-10(9)13-11(14)8-15-7-6-12/h9-10H,2-8,12H2,1H3,(H,13,14). The number of nitrogens with two attached hydrogens (primary N) is 1. The first-order valence-electron chi connectivity index (χ1n) is 5.81. The third kappa shape index (κ3) is 4.62. The molecule has 4 nitrogen and oxygen atoms in total. The van der Waals surface area contributed by atoms with E-state index >= 15 is 0 Å². The maximum absolute atomic E-state index is 11.5. The van der Waals surface area contributed by atoms with Crippen molar-refractivity contribution in [1.29, 1.82) is 0 Å². The zero-order chi connectivity index (χ0) is 11.1. The van der Waals surface area contributed by atoms with E-state index in [0.29, 0.717) is 25.1 Å². The predicted octanol–water partition coefficient (Wildman–Crippen LogP) is 0.657. The van der Waals surface area contributed by atoms with Crippen LogP contribution < -0.4 is 11.1 Å². The first kappa shape index (κ1) is 12.5. The molecule has 0 heterocycles. The summed E-state index contributed by atoms with van der Waals surface area (Å²) in [5.74, 6) is 0.583. The number of amides is 1. The van der Waals surface area contributed by atoms with Crippen molar-refractivity contribution in [1.82, 2.24) is 5.32 Å². The van der Waals surface area contributed by atoms with Gasteiger partial charge in [-0.15, -0.1) is 0 Å². The molecule has 0 spiro atoms. The van der Waals surface area contributed by atoms with Gasteiger partial charge in [-0.25, -0.2) is 0 Å². The second-order valence-electron chi connectivity index (χ2n) is 4.28. The second-order valence-corrected chi connectivity index (χ2v) is 4.28. The summed E-state index contributed by atoms with van der Waals surface area (Å²) in [7, 11) is 0. The maximum Gasteiger partial charge on any atom is 0.246 e. The van der Waals surface area contributed by atoms with Crippen LogP contribution in [0.5, 0.6) is 0 Å². The van der Waals surface area contributed by atoms with Crippen LogP contribution in [-0.2, 0) is 9.53 Å². The van der Waals surface area contributed by atoms with Crippen molar-refractivity contribution in [2.75, 3.05) is 19.8 Å². The molecule has 88 valence electrons. The summed E-state index contributed by atoms with van der Waals surface area (Å²) in [5, 5.41) is 3.02. The molecule has 0 aliphatic heterocycles. The number of hydrogen-bond acceptors (Lipinski definition) is 3. The van der Waals surface area contributed by atoms with Crippen molar-refractivity contribution in [2.45, 2.75) is 38.6 Å². The molecule has 1 saturated carbocycles. The van der Waals surface area contributed by atoms with E-state index in [1.807, 2.05) is 0 Å². The molecule has 1 fully saturated rings. The van der Waals surface area contributed by atoms with Gasteiger partial charge in [0.25, 0.3) is 0 Å². The van der Waals surface area contributed by atoms with Crippen LogP contribution in [0.3, 0.4) is 0 Å². The lowest BCUT2D eigenvalue weighted by atomic mass is 9.86. The molecule has 0 saturated heterocycles. The van der Waals surface area contributed by atoms with E-state index in [2.05, 4.69) is 12.2 Å². The highest BCUT2D eigenvalue weighted by molar-refractivity contribution is 5.77. The highest BCUT2D eigenvalue weighted by Crippen LogP contribution is 2.23. The fraction of sp³-hybridized carbons (Fsp3) is 0.909. The first-order valence-corrected chi connectivity index (χ1v) is 5.81. The Labute approximate surface area is 91.5 Å². The molecule has 15 heavy (non-hydrogen) atoms. The average Bonchev–Trinajstić information content (AvgIpc) is 2.22. The molecule has 0 aromatic heterocycles. The minimum absolute atomic E-state index is 0.0119. The average molecular weight is 214 g/mol.